The smallest absolute Gasteiger partial charge is 0.243 e. The van der Waals surface area contributed by atoms with E-state index in [1.807, 2.05) is 4.57 Å². The van der Waals surface area contributed by atoms with Crippen LogP contribution in [0.15, 0.2) is 29.4 Å². The summed E-state index contributed by atoms with van der Waals surface area (Å²) in [6.07, 6.45) is 3.52. The Morgan fingerprint density at radius 3 is 2.46 bits per heavy atom. The van der Waals surface area contributed by atoms with Gasteiger partial charge in [0.05, 0.1) is 35.7 Å². The normalized spacial score (nSPS) is 18.4. The van der Waals surface area contributed by atoms with Crippen molar-refractivity contribution in [3.05, 3.63) is 47.5 Å². The highest BCUT2D eigenvalue weighted by Gasteiger charge is 2.31. The van der Waals surface area contributed by atoms with Crippen LogP contribution >= 0.6 is 0 Å². The van der Waals surface area contributed by atoms with Crippen LogP contribution in [-0.2, 0) is 34.5 Å². The van der Waals surface area contributed by atoms with Crippen molar-refractivity contribution < 1.29 is 22.0 Å². The van der Waals surface area contributed by atoms with Crippen molar-refractivity contribution in [2.24, 2.45) is 0 Å². The lowest BCUT2D eigenvalue weighted by atomic mass is 10.3. The van der Waals surface area contributed by atoms with E-state index < -0.39 is 26.6 Å². The Kier molecular flexibility index (Phi) is 4.92. The molecular weight excluding hydrogens is 390 g/mol. The molecule has 0 radical (unpaired) electrons. The van der Waals surface area contributed by atoms with Gasteiger partial charge in [0.15, 0.2) is 0 Å². The summed E-state index contributed by atoms with van der Waals surface area (Å²) in [6.45, 7) is 1.85. The highest BCUT2D eigenvalue weighted by atomic mass is 32.2. The lowest BCUT2D eigenvalue weighted by Gasteiger charge is -2.21. The first-order valence-corrected chi connectivity index (χ1v) is 10.6. The van der Waals surface area contributed by atoms with Gasteiger partial charge in [0.25, 0.3) is 0 Å². The first-order valence-electron chi connectivity index (χ1n) is 9.11. The molecule has 7 nitrogen and oxygen atoms in total. The van der Waals surface area contributed by atoms with Gasteiger partial charge >= 0.3 is 0 Å². The summed E-state index contributed by atoms with van der Waals surface area (Å²) in [4.78, 5) is 17.6. The average molecular weight is 410 g/mol. The zero-order chi connectivity index (χ0) is 19.9. The van der Waals surface area contributed by atoms with Crippen molar-refractivity contribution in [2.45, 2.75) is 43.8 Å². The van der Waals surface area contributed by atoms with Crippen molar-refractivity contribution in [2.75, 3.05) is 13.1 Å². The van der Waals surface area contributed by atoms with Crippen LogP contribution in [-0.4, -0.2) is 46.2 Å². The van der Waals surface area contributed by atoms with Gasteiger partial charge < -0.3 is 9.47 Å². The maximum Gasteiger partial charge on any atom is 0.243 e. The van der Waals surface area contributed by atoms with Gasteiger partial charge in [0.2, 0.25) is 15.9 Å². The van der Waals surface area contributed by atoms with E-state index in [9.17, 15) is 22.0 Å². The summed E-state index contributed by atoms with van der Waals surface area (Å²) in [5.74, 6) is -1.81. The summed E-state index contributed by atoms with van der Waals surface area (Å²) in [5.41, 5.74) is 1.36. The number of carbonyl (C=O) groups excluding carboxylic acids is 1. The number of benzene rings is 1. The van der Waals surface area contributed by atoms with Crippen LogP contribution in [0.25, 0.3) is 0 Å². The van der Waals surface area contributed by atoms with Crippen molar-refractivity contribution in [3.8, 4) is 0 Å². The zero-order valence-electron chi connectivity index (χ0n) is 15.1. The molecule has 150 valence electrons. The average Bonchev–Trinajstić information content (AvgIpc) is 3.13. The standard InChI is InChI=1S/C18H20F2N4O3S/c19-13-7-14(20)9-15(8-13)28(26,27)24-6-2-5-23-12-21-16(17(23)11-24)10-22-4-1-3-18(22)25/h7-9,12H,1-6,10-11H2. The molecule has 0 bridgehead atoms. The van der Waals surface area contributed by atoms with E-state index in [-0.39, 0.29) is 19.0 Å². The molecule has 1 aromatic heterocycles. The number of carbonyl (C=O) groups is 1. The number of fused-ring (bicyclic) bond motifs is 1. The highest BCUT2D eigenvalue weighted by molar-refractivity contribution is 7.89. The molecule has 2 aromatic rings. The van der Waals surface area contributed by atoms with Crippen LogP contribution < -0.4 is 0 Å². The molecule has 1 fully saturated rings. The summed E-state index contributed by atoms with van der Waals surface area (Å²) < 4.78 is 56.2. The van der Waals surface area contributed by atoms with E-state index in [0.29, 0.717) is 49.9 Å². The number of hydrogen-bond acceptors (Lipinski definition) is 4. The molecule has 2 aliphatic rings. The van der Waals surface area contributed by atoms with Crippen LogP contribution in [0.2, 0.25) is 0 Å². The lowest BCUT2D eigenvalue weighted by Crippen LogP contribution is -2.32. The monoisotopic (exact) mass is 410 g/mol. The van der Waals surface area contributed by atoms with Gasteiger partial charge in [-0.15, -0.1) is 0 Å². The van der Waals surface area contributed by atoms with E-state index in [0.717, 1.165) is 18.6 Å². The predicted octanol–water partition coefficient (Wildman–Crippen LogP) is 1.88. The number of hydrogen-bond donors (Lipinski definition) is 0. The van der Waals surface area contributed by atoms with Crippen LogP contribution in [0, 0.1) is 11.6 Å². The van der Waals surface area contributed by atoms with E-state index >= 15 is 0 Å². The molecule has 1 aromatic carbocycles. The Morgan fingerprint density at radius 2 is 1.79 bits per heavy atom. The number of aromatic nitrogens is 2. The molecule has 0 atom stereocenters. The number of halogens is 2. The Balaban J connectivity index is 1.64. The third kappa shape index (κ3) is 3.53. The molecule has 2 aliphatic heterocycles. The second kappa shape index (κ2) is 7.25. The predicted molar refractivity (Wildman–Crippen MR) is 95.4 cm³/mol. The Morgan fingerprint density at radius 1 is 1.04 bits per heavy atom. The van der Waals surface area contributed by atoms with E-state index in [4.69, 9.17) is 0 Å². The van der Waals surface area contributed by atoms with Crippen molar-refractivity contribution in [1.82, 2.24) is 18.8 Å². The molecule has 0 saturated carbocycles. The van der Waals surface area contributed by atoms with Gasteiger partial charge in [-0.2, -0.15) is 4.31 Å². The Labute approximate surface area is 161 Å². The molecule has 28 heavy (non-hydrogen) atoms. The molecule has 1 amide bonds. The number of rotatable bonds is 4. The van der Waals surface area contributed by atoms with Gasteiger partial charge in [0.1, 0.15) is 11.6 Å². The number of amides is 1. The number of sulfonamides is 1. The van der Waals surface area contributed by atoms with Crippen molar-refractivity contribution in [1.29, 1.82) is 0 Å². The highest BCUT2D eigenvalue weighted by Crippen LogP contribution is 2.25. The fraction of sp³-hybridized carbons (Fsp3) is 0.444. The molecule has 3 heterocycles. The van der Waals surface area contributed by atoms with E-state index in [2.05, 4.69) is 4.98 Å². The Hall–Kier alpha value is -2.33. The maximum atomic E-state index is 13.5. The first kappa shape index (κ1) is 19.0. The quantitative estimate of drug-likeness (QED) is 0.771. The van der Waals surface area contributed by atoms with Crippen molar-refractivity contribution in [3.63, 3.8) is 0 Å². The van der Waals surface area contributed by atoms with Crippen LogP contribution in [0.1, 0.15) is 30.7 Å². The third-order valence-corrected chi connectivity index (χ3v) is 6.97. The fourth-order valence-electron chi connectivity index (χ4n) is 3.70. The molecule has 4 rings (SSSR count). The van der Waals surface area contributed by atoms with Gasteiger partial charge in [-0.05, 0) is 25.0 Å². The summed E-state index contributed by atoms with van der Waals surface area (Å²) >= 11 is 0. The molecule has 10 heteroatoms. The molecular formula is C18H20F2N4O3S. The second-order valence-corrected chi connectivity index (χ2v) is 8.99. The minimum atomic E-state index is -4.07. The molecule has 0 N–H and O–H groups in total. The fourth-order valence-corrected chi connectivity index (χ4v) is 5.19. The van der Waals surface area contributed by atoms with Gasteiger partial charge in [-0.25, -0.2) is 22.2 Å². The number of aryl methyl sites for hydroxylation is 1. The van der Waals surface area contributed by atoms with Gasteiger partial charge in [-0.3, -0.25) is 4.79 Å². The minimum absolute atomic E-state index is 0.0395. The van der Waals surface area contributed by atoms with Crippen molar-refractivity contribution >= 4 is 15.9 Å². The maximum absolute atomic E-state index is 13.5. The number of nitrogens with zero attached hydrogens (tertiary/aromatic N) is 4. The van der Waals surface area contributed by atoms with E-state index in [1.165, 1.54) is 4.31 Å². The minimum Gasteiger partial charge on any atom is -0.337 e. The molecule has 1 saturated heterocycles. The van der Waals surface area contributed by atoms with E-state index in [1.54, 1.807) is 11.2 Å². The first-order chi connectivity index (χ1) is 13.3. The number of likely N-dealkylation sites (tertiary alicyclic amines) is 1. The summed E-state index contributed by atoms with van der Waals surface area (Å²) in [5, 5.41) is 0. The van der Waals surface area contributed by atoms with Crippen LogP contribution in [0.5, 0.6) is 0 Å². The topological polar surface area (TPSA) is 75.5 Å². The van der Waals surface area contributed by atoms with Gasteiger partial charge in [0, 0.05) is 32.1 Å². The van der Waals surface area contributed by atoms with Crippen LogP contribution in [0.4, 0.5) is 8.78 Å². The lowest BCUT2D eigenvalue weighted by molar-refractivity contribution is -0.128. The third-order valence-electron chi connectivity index (χ3n) is 5.15. The second-order valence-electron chi connectivity index (χ2n) is 7.05. The summed E-state index contributed by atoms with van der Waals surface area (Å²) in [7, 11) is -4.07. The number of imidazole rings is 1. The molecule has 0 unspecified atom stereocenters. The largest absolute Gasteiger partial charge is 0.337 e. The van der Waals surface area contributed by atoms with Crippen LogP contribution in [0.3, 0.4) is 0 Å². The SMILES string of the molecule is O=C1CCCN1Cc1ncn2c1CN(S(=O)(=O)c1cc(F)cc(F)c1)CCC2. The molecule has 0 spiro atoms. The summed E-state index contributed by atoms with van der Waals surface area (Å²) in [6, 6.07) is 2.29. The molecule has 0 aliphatic carbocycles. The van der Waals surface area contributed by atoms with Gasteiger partial charge in [-0.1, -0.05) is 0 Å². The zero-order valence-corrected chi connectivity index (χ0v) is 16.0. The Bertz CT molecular complexity index is 1000.